The highest BCUT2D eigenvalue weighted by Crippen LogP contribution is 2.37. The number of nitrogens with one attached hydrogen (secondary N) is 2. The van der Waals surface area contributed by atoms with Crippen molar-refractivity contribution in [2.24, 2.45) is 0 Å². The topological polar surface area (TPSA) is 206 Å². The van der Waals surface area contributed by atoms with E-state index in [1.165, 1.54) is 60.9 Å². The molecule has 1 saturated heterocycles. The van der Waals surface area contributed by atoms with Crippen LogP contribution in [0.1, 0.15) is 61.3 Å². The lowest BCUT2D eigenvalue weighted by Gasteiger charge is -2.36. The van der Waals surface area contributed by atoms with E-state index in [1.54, 1.807) is 24.3 Å². The third-order valence-corrected chi connectivity index (χ3v) is 12.5. The van der Waals surface area contributed by atoms with E-state index in [2.05, 4.69) is 20.0 Å². The standard InChI is InChI=1S/C36H33ClN8O6S2/c37-30-12-5-4-11-29(30)34(35(46)42-26-7-2-1-3-8-26)44(36(47)31-15-18-52(48,49)45(31)33-20-25(23-39)14-17-41-33)27-9-6-10-28(21-27)53(50,51)43-32-19-24(22-38)13-16-40-32/h4-6,9-14,16-17,19-21,26,31,34H,1-3,7-8,15,18H2,(H,40,43)(H,42,46)/t31-,34?/m0/s1. The molecule has 2 aliphatic rings. The zero-order valence-corrected chi connectivity index (χ0v) is 30.5. The van der Waals surface area contributed by atoms with Crippen molar-refractivity contribution in [3.63, 3.8) is 0 Å². The Kier molecular flexibility index (Phi) is 10.9. The summed E-state index contributed by atoms with van der Waals surface area (Å²) < 4.78 is 57.7. The molecule has 6 rings (SSSR count). The largest absolute Gasteiger partial charge is 0.351 e. The Bertz CT molecular complexity index is 2360. The third-order valence-electron chi connectivity index (χ3n) is 9.05. The van der Waals surface area contributed by atoms with Gasteiger partial charge in [0.1, 0.15) is 23.7 Å². The van der Waals surface area contributed by atoms with Crippen LogP contribution in [0.4, 0.5) is 17.3 Å². The first-order chi connectivity index (χ1) is 25.4. The molecule has 2 amide bonds. The molecule has 17 heteroatoms. The van der Waals surface area contributed by atoms with E-state index < -0.39 is 49.7 Å². The Labute approximate surface area is 312 Å². The van der Waals surface area contributed by atoms with Gasteiger partial charge >= 0.3 is 0 Å². The number of nitrogens with zero attached hydrogens (tertiary/aromatic N) is 6. The highest BCUT2D eigenvalue weighted by molar-refractivity contribution is 7.93. The van der Waals surface area contributed by atoms with Crippen molar-refractivity contribution in [2.75, 3.05) is 19.7 Å². The number of rotatable bonds is 10. The quantitative estimate of drug-likeness (QED) is 0.225. The van der Waals surface area contributed by atoms with Crippen LogP contribution in [0.2, 0.25) is 5.02 Å². The molecule has 14 nitrogen and oxygen atoms in total. The fraction of sp³-hybridized carbons (Fsp3) is 0.278. The number of hydrogen-bond donors (Lipinski definition) is 2. The number of amides is 2. The SMILES string of the molecule is N#Cc1ccnc(NS(=O)(=O)c2cccc(N(C(=O)[C@@H]3CCS(=O)(=O)N3c3cc(C#N)ccn3)C(C(=O)NC3CCCCC3)c3ccccc3Cl)c2)c1. The minimum absolute atomic E-state index is 0.0525. The van der Waals surface area contributed by atoms with Crippen LogP contribution in [0, 0.1) is 22.7 Å². The molecule has 0 bridgehead atoms. The molecule has 2 aromatic heterocycles. The Morgan fingerprint density at radius 1 is 0.906 bits per heavy atom. The molecule has 0 radical (unpaired) electrons. The second-order valence-electron chi connectivity index (χ2n) is 12.6. The molecule has 272 valence electrons. The number of nitriles is 2. The number of anilines is 3. The van der Waals surface area contributed by atoms with Gasteiger partial charge in [-0.15, -0.1) is 0 Å². The Balaban J connectivity index is 1.50. The van der Waals surface area contributed by atoms with E-state index in [9.17, 15) is 32.2 Å². The molecule has 2 N–H and O–H groups in total. The van der Waals surface area contributed by atoms with Gasteiger partial charge in [0.25, 0.3) is 15.9 Å². The highest BCUT2D eigenvalue weighted by Gasteiger charge is 2.47. The molecule has 0 spiro atoms. The maximum absolute atomic E-state index is 15.1. The van der Waals surface area contributed by atoms with Crippen molar-refractivity contribution in [3.8, 4) is 12.1 Å². The highest BCUT2D eigenvalue weighted by atomic mass is 35.5. The summed E-state index contributed by atoms with van der Waals surface area (Å²) in [7, 11) is -8.53. The molecular weight excluding hydrogens is 740 g/mol. The number of halogens is 1. The number of carbonyl (C=O) groups excluding carboxylic acids is 2. The molecule has 53 heavy (non-hydrogen) atoms. The first-order valence-corrected chi connectivity index (χ1v) is 20.1. The van der Waals surface area contributed by atoms with Crippen molar-refractivity contribution in [1.82, 2.24) is 15.3 Å². The summed E-state index contributed by atoms with van der Waals surface area (Å²) in [5, 5.41) is 22.0. The van der Waals surface area contributed by atoms with Gasteiger partial charge < -0.3 is 5.32 Å². The molecule has 4 aromatic rings. The van der Waals surface area contributed by atoms with Crippen LogP contribution in [-0.4, -0.2) is 56.5 Å². The van der Waals surface area contributed by atoms with Crippen molar-refractivity contribution < 1.29 is 26.4 Å². The second kappa shape index (κ2) is 15.6. The van der Waals surface area contributed by atoms with E-state index in [0.717, 1.165) is 28.5 Å². The van der Waals surface area contributed by atoms with Crippen molar-refractivity contribution in [1.29, 1.82) is 10.5 Å². The summed E-state index contributed by atoms with van der Waals surface area (Å²) in [6, 6.07) is 17.8. The monoisotopic (exact) mass is 772 g/mol. The smallest absolute Gasteiger partial charge is 0.263 e. The molecule has 1 saturated carbocycles. The number of pyridine rings is 2. The van der Waals surface area contributed by atoms with Crippen LogP contribution in [0.3, 0.4) is 0 Å². The molecule has 2 aromatic carbocycles. The maximum atomic E-state index is 15.1. The predicted molar refractivity (Wildman–Crippen MR) is 197 cm³/mol. The van der Waals surface area contributed by atoms with Gasteiger partial charge in [-0.25, -0.2) is 31.1 Å². The van der Waals surface area contributed by atoms with E-state index in [-0.39, 0.29) is 56.4 Å². The van der Waals surface area contributed by atoms with Crippen molar-refractivity contribution in [2.45, 2.75) is 61.5 Å². The molecule has 1 aliphatic heterocycles. The molecule has 2 atom stereocenters. The van der Waals surface area contributed by atoms with Crippen LogP contribution in [0.5, 0.6) is 0 Å². The first-order valence-electron chi connectivity index (χ1n) is 16.7. The summed E-state index contributed by atoms with van der Waals surface area (Å²) in [5.74, 6) is -2.17. The Morgan fingerprint density at radius 3 is 2.32 bits per heavy atom. The molecule has 1 aliphatic carbocycles. The lowest BCUT2D eigenvalue weighted by Crippen LogP contribution is -2.53. The lowest BCUT2D eigenvalue weighted by molar-refractivity contribution is -0.127. The van der Waals surface area contributed by atoms with Gasteiger partial charge in [0, 0.05) is 34.7 Å². The Morgan fingerprint density at radius 2 is 1.60 bits per heavy atom. The van der Waals surface area contributed by atoms with Crippen LogP contribution in [0.15, 0.2) is 90.1 Å². The van der Waals surface area contributed by atoms with Gasteiger partial charge in [-0.3, -0.25) is 19.2 Å². The summed E-state index contributed by atoms with van der Waals surface area (Å²) in [6.07, 6.45) is 6.57. The number of aromatic nitrogens is 2. The van der Waals surface area contributed by atoms with Gasteiger partial charge in [0.2, 0.25) is 15.9 Å². The second-order valence-corrected chi connectivity index (χ2v) is 16.6. The summed E-state index contributed by atoms with van der Waals surface area (Å²) in [4.78, 5) is 38.6. The van der Waals surface area contributed by atoms with Gasteiger partial charge in [0.15, 0.2) is 0 Å². The van der Waals surface area contributed by atoms with Gasteiger partial charge in [-0.2, -0.15) is 10.5 Å². The maximum Gasteiger partial charge on any atom is 0.263 e. The van der Waals surface area contributed by atoms with Crippen molar-refractivity contribution in [3.05, 3.63) is 107 Å². The van der Waals surface area contributed by atoms with Crippen LogP contribution < -0.4 is 19.2 Å². The minimum Gasteiger partial charge on any atom is -0.351 e. The zero-order valence-electron chi connectivity index (χ0n) is 28.1. The lowest BCUT2D eigenvalue weighted by atomic mass is 9.94. The van der Waals surface area contributed by atoms with Crippen molar-refractivity contribution >= 4 is 60.8 Å². The normalized spacial score (nSPS) is 17.6. The number of hydrogen-bond acceptors (Lipinski definition) is 10. The summed E-state index contributed by atoms with van der Waals surface area (Å²) in [6.45, 7) is 0. The van der Waals surface area contributed by atoms with E-state index in [4.69, 9.17) is 11.6 Å². The fourth-order valence-electron chi connectivity index (χ4n) is 6.54. The zero-order chi connectivity index (χ0) is 37.8. The van der Waals surface area contributed by atoms with Crippen LogP contribution >= 0.6 is 11.6 Å². The summed E-state index contributed by atoms with van der Waals surface area (Å²) >= 11 is 6.72. The number of carbonyl (C=O) groups is 2. The van der Waals surface area contributed by atoms with Gasteiger partial charge in [0.05, 0.1) is 33.9 Å². The number of benzene rings is 2. The van der Waals surface area contributed by atoms with Gasteiger partial charge in [-0.05, 0) is 67.8 Å². The average molecular weight is 773 g/mol. The minimum atomic E-state index is -4.39. The van der Waals surface area contributed by atoms with E-state index in [1.807, 2.05) is 12.1 Å². The predicted octanol–water partition coefficient (Wildman–Crippen LogP) is 4.81. The van der Waals surface area contributed by atoms with E-state index in [0.29, 0.717) is 12.8 Å². The fourth-order valence-corrected chi connectivity index (χ4v) is 9.51. The van der Waals surface area contributed by atoms with Crippen LogP contribution in [0.25, 0.3) is 0 Å². The molecule has 2 fully saturated rings. The van der Waals surface area contributed by atoms with Gasteiger partial charge in [-0.1, -0.05) is 55.1 Å². The molecule has 3 heterocycles. The average Bonchev–Trinajstić information content (AvgIpc) is 3.48. The first kappa shape index (κ1) is 37.2. The van der Waals surface area contributed by atoms with Crippen LogP contribution in [-0.2, 0) is 29.6 Å². The third kappa shape index (κ3) is 8.10. The molecular formula is C36H33ClN8O6S2. The molecule has 1 unspecified atom stereocenters. The Hall–Kier alpha value is -5.55. The summed E-state index contributed by atoms with van der Waals surface area (Å²) in [5.41, 5.74) is 0.446. The number of sulfonamides is 2. The van der Waals surface area contributed by atoms with E-state index >= 15 is 4.79 Å².